The molecule has 0 amide bonds. The highest BCUT2D eigenvalue weighted by molar-refractivity contribution is 5.84. The van der Waals surface area contributed by atoms with Crippen molar-refractivity contribution >= 4 is 11.8 Å². The molecule has 1 aliphatic carbocycles. The van der Waals surface area contributed by atoms with Crippen LogP contribution in [0, 0.1) is 23.7 Å². The fraction of sp³-hybridized carbons (Fsp3) is 0.900. The van der Waals surface area contributed by atoms with Crippen LogP contribution in [0.1, 0.15) is 74.1 Å². The van der Waals surface area contributed by atoms with Gasteiger partial charge in [0, 0.05) is 5.92 Å². The number of carbonyl (C=O) groups is 2. The Hall–Kier alpha value is -0.900. The molecule has 0 aromatic carbocycles. The van der Waals surface area contributed by atoms with Crippen LogP contribution in [0.5, 0.6) is 0 Å². The van der Waals surface area contributed by atoms with Crippen LogP contribution in [0.3, 0.4) is 0 Å². The van der Waals surface area contributed by atoms with Crippen molar-refractivity contribution in [2.24, 2.45) is 23.7 Å². The highest BCUT2D eigenvalue weighted by Crippen LogP contribution is 2.38. The lowest BCUT2D eigenvalue weighted by Crippen LogP contribution is -2.45. The van der Waals surface area contributed by atoms with Gasteiger partial charge in [-0.25, -0.2) is 0 Å². The van der Waals surface area contributed by atoms with Crippen LogP contribution >= 0.6 is 0 Å². The summed E-state index contributed by atoms with van der Waals surface area (Å²) in [5.74, 6) is 1.72. The van der Waals surface area contributed by atoms with Crippen molar-refractivity contribution in [2.45, 2.75) is 85.8 Å². The number of hydrogen-bond donors (Lipinski definition) is 1. The zero-order valence-electron chi connectivity index (χ0n) is 16.6. The summed E-state index contributed by atoms with van der Waals surface area (Å²) < 4.78 is 5.43. The van der Waals surface area contributed by atoms with Crippen LogP contribution < -0.4 is 5.32 Å². The molecule has 0 aromatic heterocycles. The largest absolute Gasteiger partial charge is 0.459 e. The molecular weight excluding hydrogens is 302 g/mol. The quantitative estimate of drug-likeness (QED) is 0.713. The maximum Gasteiger partial charge on any atom is 0.323 e. The molecule has 0 unspecified atom stereocenters. The van der Waals surface area contributed by atoms with Crippen molar-refractivity contribution in [1.82, 2.24) is 5.32 Å². The summed E-state index contributed by atoms with van der Waals surface area (Å²) in [7, 11) is 0. The van der Waals surface area contributed by atoms with E-state index in [1.165, 1.54) is 6.42 Å². The molecule has 24 heavy (non-hydrogen) atoms. The van der Waals surface area contributed by atoms with Gasteiger partial charge in [-0.1, -0.05) is 34.1 Å². The fourth-order valence-electron chi connectivity index (χ4n) is 3.69. The van der Waals surface area contributed by atoms with Crippen LogP contribution in [0.4, 0.5) is 0 Å². The molecule has 4 heteroatoms. The molecule has 1 rings (SSSR count). The Balaban J connectivity index is 2.63. The molecule has 140 valence electrons. The molecule has 0 aromatic rings. The van der Waals surface area contributed by atoms with Gasteiger partial charge in [0.2, 0.25) is 0 Å². The van der Waals surface area contributed by atoms with Crippen LogP contribution in [0.15, 0.2) is 0 Å². The first-order chi connectivity index (χ1) is 11.0. The number of ketones is 1. The van der Waals surface area contributed by atoms with E-state index in [9.17, 15) is 9.59 Å². The Bertz CT molecular complexity index is 425. The van der Waals surface area contributed by atoms with Gasteiger partial charge in [-0.15, -0.1) is 0 Å². The second-order valence-electron chi connectivity index (χ2n) is 8.77. The minimum Gasteiger partial charge on any atom is -0.459 e. The summed E-state index contributed by atoms with van der Waals surface area (Å²) in [5.41, 5.74) is -0.502. The molecule has 0 spiro atoms. The molecule has 1 N–H and O–H groups in total. The van der Waals surface area contributed by atoms with E-state index in [0.717, 1.165) is 12.8 Å². The molecule has 0 heterocycles. The predicted molar refractivity (Wildman–Crippen MR) is 97.8 cm³/mol. The zero-order valence-corrected chi connectivity index (χ0v) is 16.6. The van der Waals surface area contributed by atoms with Crippen LogP contribution in [-0.2, 0) is 14.3 Å². The SMILES string of the molecule is CC[C@@H](NCC(=O)[C@@H]1C[C@H](C)CC[C@H]1C(C)C)C(=O)OC(C)(C)C. The van der Waals surface area contributed by atoms with Crippen molar-refractivity contribution in [3.05, 3.63) is 0 Å². The van der Waals surface area contributed by atoms with Gasteiger partial charge in [0.1, 0.15) is 17.4 Å². The van der Waals surface area contributed by atoms with Crippen LogP contribution in [-0.4, -0.2) is 29.9 Å². The third-order valence-electron chi connectivity index (χ3n) is 5.06. The van der Waals surface area contributed by atoms with Gasteiger partial charge in [-0.2, -0.15) is 0 Å². The highest BCUT2D eigenvalue weighted by Gasteiger charge is 2.35. The topological polar surface area (TPSA) is 55.4 Å². The van der Waals surface area contributed by atoms with E-state index in [1.54, 1.807) is 0 Å². The Morgan fingerprint density at radius 2 is 1.83 bits per heavy atom. The summed E-state index contributed by atoms with van der Waals surface area (Å²) in [6.07, 6.45) is 3.96. The first kappa shape index (κ1) is 21.1. The maximum atomic E-state index is 12.8. The predicted octanol–water partition coefficient (Wildman–Crippen LogP) is 3.97. The van der Waals surface area contributed by atoms with E-state index in [1.807, 2.05) is 27.7 Å². The molecule has 1 saturated carbocycles. The molecule has 4 atom stereocenters. The average Bonchev–Trinajstić information content (AvgIpc) is 2.45. The van der Waals surface area contributed by atoms with Crippen molar-refractivity contribution < 1.29 is 14.3 Å². The number of carbonyl (C=O) groups excluding carboxylic acids is 2. The Morgan fingerprint density at radius 1 is 1.21 bits per heavy atom. The van der Waals surface area contributed by atoms with E-state index in [0.29, 0.717) is 24.2 Å². The Morgan fingerprint density at radius 3 is 2.33 bits per heavy atom. The van der Waals surface area contributed by atoms with Gasteiger partial charge in [-0.3, -0.25) is 14.9 Å². The van der Waals surface area contributed by atoms with Crippen molar-refractivity contribution in [1.29, 1.82) is 0 Å². The van der Waals surface area contributed by atoms with E-state index in [-0.39, 0.29) is 24.2 Å². The average molecular weight is 340 g/mol. The van der Waals surface area contributed by atoms with Gasteiger partial charge < -0.3 is 4.74 Å². The first-order valence-corrected chi connectivity index (χ1v) is 9.54. The third kappa shape index (κ3) is 6.54. The molecule has 1 fully saturated rings. The minimum atomic E-state index is -0.502. The number of rotatable bonds is 7. The van der Waals surface area contributed by atoms with Crippen LogP contribution in [0.25, 0.3) is 0 Å². The molecule has 0 radical (unpaired) electrons. The Labute approximate surface area is 148 Å². The van der Waals surface area contributed by atoms with Crippen molar-refractivity contribution in [3.8, 4) is 0 Å². The van der Waals surface area contributed by atoms with Gasteiger partial charge in [0.25, 0.3) is 0 Å². The van der Waals surface area contributed by atoms with Crippen LogP contribution in [0.2, 0.25) is 0 Å². The first-order valence-electron chi connectivity index (χ1n) is 9.54. The monoisotopic (exact) mass is 339 g/mol. The van der Waals surface area contributed by atoms with Crippen molar-refractivity contribution in [3.63, 3.8) is 0 Å². The number of esters is 1. The number of Topliss-reactive ketones (excluding diaryl/α,β-unsaturated/α-hetero) is 1. The smallest absolute Gasteiger partial charge is 0.323 e. The second kappa shape index (κ2) is 8.98. The molecule has 0 saturated heterocycles. The standard InChI is InChI=1S/C20H37NO3/c1-8-17(19(23)24-20(5,6)7)21-12-18(22)16-11-14(4)9-10-15(16)13(2)3/h13-17,21H,8-12H2,1-7H3/t14-,15+,16-,17-/m1/s1. The summed E-state index contributed by atoms with van der Waals surface area (Å²) in [5, 5.41) is 3.14. The zero-order chi connectivity index (χ0) is 18.5. The number of hydrogen-bond acceptors (Lipinski definition) is 4. The molecule has 0 bridgehead atoms. The van der Waals surface area contributed by atoms with Crippen molar-refractivity contribution in [2.75, 3.05) is 6.54 Å². The van der Waals surface area contributed by atoms with Gasteiger partial charge in [0.05, 0.1) is 6.54 Å². The van der Waals surface area contributed by atoms with E-state index in [2.05, 4.69) is 26.1 Å². The summed E-state index contributed by atoms with van der Waals surface area (Å²) in [6, 6.07) is -0.410. The third-order valence-corrected chi connectivity index (χ3v) is 5.06. The van der Waals surface area contributed by atoms with Gasteiger partial charge in [-0.05, 0) is 57.8 Å². The molecule has 1 aliphatic rings. The minimum absolute atomic E-state index is 0.123. The van der Waals surface area contributed by atoms with Gasteiger partial charge >= 0.3 is 5.97 Å². The maximum absolute atomic E-state index is 12.8. The number of ether oxygens (including phenoxy) is 1. The normalized spacial score (nSPS) is 26.2. The Kier molecular flexibility index (Phi) is 7.91. The van der Waals surface area contributed by atoms with E-state index < -0.39 is 11.6 Å². The summed E-state index contributed by atoms with van der Waals surface area (Å²) >= 11 is 0. The second-order valence-corrected chi connectivity index (χ2v) is 8.77. The lowest BCUT2D eigenvalue weighted by atomic mass is 9.68. The summed E-state index contributed by atoms with van der Waals surface area (Å²) in [6.45, 7) is 14.4. The highest BCUT2D eigenvalue weighted by atomic mass is 16.6. The van der Waals surface area contributed by atoms with Gasteiger partial charge in [0.15, 0.2) is 0 Å². The fourth-order valence-corrected chi connectivity index (χ4v) is 3.69. The molecule has 0 aliphatic heterocycles. The van der Waals surface area contributed by atoms with E-state index >= 15 is 0 Å². The molecule has 4 nitrogen and oxygen atoms in total. The lowest BCUT2D eigenvalue weighted by molar-refractivity contribution is -0.157. The lowest BCUT2D eigenvalue weighted by Gasteiger charge is -2.36. The van der Waals surface area contributed by atoms with E-state index in [4.69, 9.17) is 4.74 Å². The summed E-state index contributed by atoms with van der Waals surface area (Å²) in [4.78, 5) is 25.0. The number of nitrogens with one attached hydrogen (secondary N) is 1. The molecular formula is C20H37NO3.